The number of halogens is 7. The van der Waals surface area contributed by atoms with Crippen molar-refractivity contribution in [3.05, 3.63) is 138 Å². The van der Waals surface area contributed by atoms with Gasteiger partial charge in [0, 0.05) is 38.4 Å². The molecule has 4 amide bonds. The molecule has 0 saturated carbocycles. The fourth-order valence-corrected chi connectivity index (χ4v) is 6.85. The van der Waals surface area contributed by atoms with Crippen LogP contribution in [-0.4, -0.2) is 53.2 Å². The third kappa shape index (κ3) is 13.3. The fraction of sp³-hybridized carbons (Fsp3) is 0.143. The van der Waals surface area contributed by atoms with Crippen molar-refractivity contribution in [3.63, 3.8) is 0 Å². The minimum absolute atomic E-state index is 0.00142. The smallest absolute Gasteiger partial charge is 0.258 e. The van der Waals surface area contributed by atoms with Crippen LogP contribution < -0.4 is 21.3 Å². The van der Waals surface area contributed by atoms with E-state index in [4.69, 9.17) is 81.2 Å². The molecule has 4 N–H and O–H groups in total. The summed E-state index contributed by atoms with van der Waals surface area (Å²) in [5.41, 5.74) is 1.74. The van der Waals surface area contributed by atoms with Crippen molar-refractivity contribution in [2.75, 3.05) is 27.1 Å². The molecule has 2 atom stereocenters. The predicted octanol–water partition coefficient (Wildman–Crippen LogP) is 12.3. The molecule has 5 aromatic rings. The average molecular weight is 992 g/mol. The van der Waals surface area contributed by atoms with Gasteiger partial charge in [-0.1, -0.05) is 69.6 Å². The molecule has 0 aliphatic carbocycles. The van der Waals surface area contributed by atoms with Gasteiger partial charge >= 0.3 is 0 Å². The van der Waals surface area contributed by atoms with Crippen molar-refractivity contribution in [3.8, 4) is 0 Å². The van der Waals surface area contributed by atoms with E-state index >= 15 is 0 Å². The first-order valence-electron chi connectivity index (χ1n) is 18.2. The van der Waals surface area contributed by atoms with E-state index in [0.29, 0.717) is 27.0 Å². The number of anilines is 4. The molecular weight excluding hydrogens is 961 g/mol. The van der Waals surface area contributed by atoms with Crippen LogP contribution in [0.5, 0.6) is 0 Å². The third-order valence-corrected chi connectivity index (χ3v) is 10.5. The maximum absolute atomic E-state index is 13.4. The number of rotatable bonds is 16. The first-order valence-corrected chi connectivity index (χ1v) is 21.0. The number of amides is 4. The number of carbonyl (C=O) groups excluding carboxylic acids is 6. The van der Waals surface area contributed by atoms with Gasteiger partial charge in [0.1, 0.15) is 11.4 Å². The van der Waals surface area contributed by atoms with Crippen molar-refractivity contribution in [2.45, 2.75) is 32.4 Å². The van der Waals surface area contributed by atoms with Crippen LogP contribution >= 0.6 is 81.2 Å². The number of Topliss-reactive ketones (excluding diaryl/α,β-unsaturated/α-hetero) is 2. The van der Waals surface area contributed by atoms with E-state index in [1.165, 1.54) is 78.9 Å². The number of nitrogens with zero attached hydrogens (tertiary/aromatic N) is 4. The molecule has 5 aromatic carbocycles. The van der Waals surface area contributed by atoms with Crippen LogP contribution in [0, 0.1) is 0 Å². The number of carbonyl (C=O) groups is 6. The quantitative estimate of drug-likeness (QED) is 0.0430. The molecule has 14 nitrogen and oxygen atoms in total. The van der Waals surface area contributed by atoms with Crippen LogP contribution in [0.3, 0.4) is 0 Å². The number of benzene rings is 5. The van der Waals surface area contributed by atoms with E-state index in [1.54, 1.807) is 12.1 Å². The highest BCUT2D eigenvalue weighted by molar-refractivity contribution is 6.38. The molecule has 0 heterocycles. The Morgan fingerprint density at radius 3 is 1.38 bits per heavy atom. The minimum Gasteiger partial charge on any atom is -0.324 e. The molecule has 2 unspecified atom stereocenters. The molecule has 0 aliphatic rings. The highest BCUT2D eigenvalue weighted by Crippen LogP contribution is 2.32. The average Bonchev–Trinajstić information content (AvgIpc) is 3.22. The van der Waals surface area contributed by atoms with Gasteiger partial charge in [0.05, 0.1) is 31.5 Å². The molecule has 0 fully saturated rings. The summed E-state index contributed by atoms with van der Waals surface area (Å²) in [6.07, 6.45) is 0.196. The van der Waals surface area contributed by atoms with Gasteiger partial charge < -0.3 is 21.3 Å². The lowest BCUT2D eigenvalue weighted by atomic mass is 10.1. The SMILES string of the molecule is CC(=O)C(N=Nc1cc(C(=O)Nc2ccc(Cl)cc2Cl)ccc1Cl)C(=O)Nc1ccc(NC(=O)C(N=Nc2cc(C(=O)Nc3ccc(Cl)cc3Cl)ccc2Cl)C(C)=O)c(CCCl)c1. The van der Waals surface area contributed by atoms with Crippen molar-refractivity contribution in [2.24, 2.45) is 20.5 Å². The van der Waals surface area contributed by atoms with Gasteiger partial charge in [-0.15, -0.1) is 11.6 Å². The number of ketones is 2. The zero-order valence-corrected chi connectivity index (χ0v) is 37.9. The van der Waals surface area contributed by atoms with Gasteiger partial charge in [0.2, 0.25) is 12.1 Å². The van der Waals surface area contributed by atoms with Crippen LogP contribution in [0.1, 0.15) is 40.1 Å². The van der Waals surface area contributed by atoms with Crippen LogP contribution in [0.4, 0.5) is 34.1 Å². The Labute approximate surface area is 394 Å². The fourth-order valence-electron chi connectivity index (χ4n) is 5.42. The van der Waals surface area contributed by atoms with Gasteiger partial charge in [0.15, 0.2) is 11.6 Å². The number of aryl methyl sites for hydroxylation is 1. The van der Waals surface area contributed by atoms with Crippen molar-refractivity contribution < 1.29 is 28.8 Å². The monoisotopic (exact) mass is 988 g/mol. The molecule has 0 saturated heterocycles. The van der Waals surface area contributed by atoms with E-state index < -0.39 is 47.3 Å². The Kier molecular flexibility index (Phi) is 17.2. The van der Waals surface area contributed by atoms with Gasteiger partial charge in [-0.2, -0.15) is 20.5 Å². The summed E-state index contributed by atoms with van der Waals surface area (Å²) in [5.74, 6) is -4.05. The van der Waals surface area contributed by atoms with Crippen LogP contribution in [0.2, 0.25) is 30.1 Å². The Hall–Kier alpha value is -5.45. The summed E-state index contributed by atoms with van der Waals surface area (Å²) in [6, 6.07) is 18.5. The Morgan fingerprint density at radius 1 is 0.508 bits per heavy atom. The molecule has 0 radical (unpaired) electrons. The first-order chi connectivity index (χ1) is 29.9. The second-order valence-electron chi connectivity index (χ2n) is 13.2. The van der Waals surface area contributed by atoms with Gasteiger partial charge in [-0.25, -0.2) is 0 Å². The van der Waals surface area contributed by atoms with Gasteiger partial charge in [0.25, 0.3) is 23.6 Å². The predicted molar refractivity (Wildman–Crippen MR) is 248 cm³/mol. The lowest BCUT2D eigenvalue weighted by Gasteiger charge is -2.15. The molecule has 5 rings (SSSR count). The van der Waals surface area contributed by atoms with E-state index in [0.717, 1.165) is 13.8 Å². The summed E-state index contributed by atoms with van der Waals surface area (Å²) in [5, 5.41) is 27.8. The maximum atomic E-state index is 13.4. The summed E-state index contributed by atoms with van der Waals surface area (Å²) < 4.78 is 0. The Balaban J connectivity index is 1.28. The Bertz CT molecular complexity index is 2700. The van der Waals surface area contributed by atoms with Crippen molar-refractivity contribution in [1.82, 2.24) is 0 Å². The minimum atomic E-state index is -1.64. The van der Waals surface area contributed by atoms with Crippen molar-refractivity contribution >= 4 is 151 Å². The van der Waals surface area contributed by atoms with Crippen LogP contribution in [-0.2, 0) is 25.6 Å². The highest BCUT2D eigenvalue weighted by Gasteiger charge is 2.26. The Morgan fingerprint density at radius 2 is 0.952 bits per heavy atom. The summed E-state index contributed by atoms with van der Waals surface area (Å²) >= 11 is 42.9. The zero-order valence-electron chi connectivity index (χ0n) is 32.6. The summed E-state index contributed by atoms with van der Waals surface area (Å²) in [7, 11) is 0. The van der Waals surface area contributed by atoms with E-state index in [9.17, 15) is 28.8 Å². The largest absolute Gasteiger partial charge is 0.324 e. The van der Waals surface area contributed by atoms with Crippen LogP contribution in [0.15, 0.2) is 111 Å². The summed E-state index contributed by atoms with van der Waals surface area (Å²) in [6.45, 7) is 2.29. The first kappa shape index (κ1) is 48.6. The molecule has 0 aromatic heterocycles. The zero-order chi connectivity index (χ0) is 46.0. The normalized spacial score (nSPS) is 12.1. The standard InChI is InChI=1S/C42H31Cl7N8O6/c1-20(58)37(56-54-35-16-23(3-8-28(35)46)39(60)52-33-10-5-25(44)18-30(33)48)41(62)50-27-7-12-32(22(15-27)13-14-43)51-42(63)38(21(2)59)57-55-36-17-24(4-9-29(36)47)40(61)53-34-11-6-26(45)19-31(34)49/h3-12,15-19,37-38H,13-14H2,1-2H3,(H,50,62)(H,51,63)(H,52,60)(H,53,61). The van der Waals surface area contributed by atoms with E-state index in [2.05, 4.69) is 41.7 Å². The van der Waals surface area contributed by atoms with E-state index in [-0.39, 0.29) is 66.3 Å². The number of nitrogens with one attached hydrogen (secondary N) is 4. The third-order valence-electron chi connectivity index (χ3n) is 8.60. The van der Waals surface area contributed by atoms with E-state index in [1.807, 2.05) is 0 Å². The molecule has 324 valence electrons. The number of azo groups is 2. The molecule has 0 bridgehead atoms. The second kappa shape index (κ2) is 22.3. The van der Waals surface area contributed by atoms with Crippen LogP contribution in [0.25, 0.3) is 0 Å². The lowest BCUT2D eigenvalue weighted by Crippen LogP contribution is -2.32. The molecule has 21 heteroatoms. The number of hydrogen-bond acceptors (Lipinski definition) is 10. The van der Waals surface area contributed by atoms with Gasteiger partial charge in [-0.3, -0.25) is 28.8 Å². The number of hydrogen-bond donors (Lipinski definition) is 4. The molecule has 0 spiro atoms. The maximum Gasteiger partial charge on any atom is 0.258 e. The molecule has 0 aliphatic heterocycles. The topological polar surface area (TPSA) is 200 Å². The molecule has 63 heavy (non-hydrogen) atoms. The highest BCUT2D eigenvalue weighted by atomic mass is 35.5. The second-order valence-corrected chi connectivity index (χ2v) is 16.1. The summed E-state index contributed by atoms with van der Waals surface area (Å²) in [4.78, 5) is 78.0. The number of alkyl halides is 1. The molecular formula is C42H31Cl7N8O6. The lowest BCUT2D eigenvalue weighted by molar-refractivity contribution is -0.127. The van der Waals surface area contributed by atoms with Gasteiger partial charge in [-0.05, 0) is 117 Å². The van der Waals surface area contributed by atoms with Crippen molar-refractivity contribution in [1.29, 1.82) is 0 Å².